The third-order valence-corrected chi connectivity index (χ3v) is 6.26. The van der Waals surface area contributed by atoms with Crippen molar-refractivity contribution >= 4 is 23.1 Å². The highest BCUT2D eigenvalue weighted by Crippen LogP contribution is 2.26. The Labute approximate surface area is 206 Å². The predicted octanol–water partition coefficient (Wildman–Crippen LogP) is 9.52. The number of para-hydroxylation sites is 2. The van der Waals surface area contributed by atoms with Gasteiger partial charge in [-0.3, -0.25) is 4.90 Å². The zero-order chi connectivity index (χ0) is 23.8. The summed E-state index contributed by atoms with van der Waals surface area (Å²) in [7, 11) is 0. The average Bonchev–Trinajstić information content (AvgIpc) is 2.87. The molecule has 34 heavy (non-hydrogen) atoms. The van der Waals surface area contributed by atoms with Crippen molar-refractivity contribution < 1.29 is 4.79 Å². The number of carbonyl (C=O) groups excluding carboxylic acids is 1. The SMILES string of the molecule is CCCCCCCCCCCCc1ccc(NC(=O)N(c2ccccc2)c2ccccc2)cc1. The van der Waals surface area contributed by atoms with Gasteiger partial charge in [-0.1, -0.05) is 113 Å². The summed E-state index contributed by atoms with van der Waals surface area (Å²) < 4.78 is 0. The highest BCUT2D eigenvalue weighted by atomic mass is 16.2. The first-order valence-corrected chi connectivity index (χ1v) is 13.1. The zero-order valence-electron chi connectivity index (χ0n) is 20.7. The molecule has 0 radical (unpaired) electrons. The minimum Gasteiger partial charge on any atom is -0.307 e. The van der Waals surface area contributed by atoms with Gasteiger partial charge in [0.05, 0.1) is 11.4 Å². The summed E-state index contributed by atoms with van der Waals surface area (Å²) in [5, 5.41) is 3.06. The predicted molar refractivity (Wildman–Crippen MR) is 146 cm³/mol. The summed E-state index contributed by atoms with van der Waals surface area (Å²) in [4.78, 5) is 14.9. The van der Waals surface area contributed by atoms with Gasteiger partial charge in [-0.05, 0) is 54.8 Å². The number of carbonyl (C=O) groups is 1. The van der Waals surface area contributed by atoms with Crippen molar-refractivity contribution in [2.45, 2.75) is 77.6 Å². The van der Waals surface area contributed by atoms with E-state index in [1.807, 2.05) is 72.8 Å². The van der Waals surface area contributed by atoms with Gasteiger partial charge in [0.25, 0.3) is 0 Å². The van der Waals surface area contributed by atoms with E-state index in [4.69, 9.17) is 0 Å². The fourth-order valence-electron chi connectivity index (χ4n) is 4.29. The van der Waals surface area contributed by atoms with E-state index in [1.165, 1.54) is 69.8 Å². The standard InChI is InChI=1S/C31H40N2O/c1-2-3-4-5-6-7-8-9-10-13-18-27-23-25-28(26-24-27)32-31(34)33(29-19-14-11-15-20-29)30-21-16-12-17-22-30/h11-12,14-17,19-26H,2-10,13,18H2,1H3,(H,32,34). The Hall–Kier alpha value is -3.07. The topological polar surface area (TPSA) is 32.3 Å². The van der Waals surface area contributed by atoms with Crippen LogP contribution in [0.25, 0.3) is 0 Å². The molecule has 3 rings (SSSR count). The van der Waals surface area contributed by atoms with Gasteiger partial charge in [0, 0.05) is 5.69 Å². The first-order chi connectivity index (χ1) is 16.8. The molecule has 0 spiro atoms. The van der Waals surface area contributed by atoms with Crippen LogP contribution in [0.15, 0.2) is 84.9 Å². The van der Waals surface area contributed by atoms with E-state index in [9.17, 15) is 4.79 Å². The molecule has 0 saturated carbocycles. The maximum Gasteiger partial charge on any atom is 0.330 e. The number of rotatable bonds is 14. The van der Waals surface area contributed by atoms with Crippen molar-refractivity contribution in [2.75, 3.05) is 10.2 Å². The van der Waals surface area contributed by atoms with Crippen molar-refractivity contribution in [3.63, 3.8) is 0 Å². The number of amides is 2. The number of nitrogens with one attached hydrogen (secondary N) is 1. The van der Waals surface area contributed by atoms with Crippen LogP contribution in [0.4, 0.5) is 21.9 Å². The molecule has 0 aliphatic heterocycles. The van der Waals surface area contributed by atoms with Gasteiger partial charge >= 0.3 is 6.03 Å². The molecule has 3 nitrogen and oxygen atoms in total. The first kappa shape index (κ1) is 25.6. The van der Waals surface area contributed by atoms with Gasteiger partial charge in [0.1, 0.15) is 0 Å². The number of benzene rings is 3. The summed E-state index contributed by atoms with van der Waals surface area (Å²) >= 11 is 0. The lowest BCUT2D eigenvalue weighted by Crippen LogP contribution is -2.30. The molecule has 180 valence electrons. The molecule has 0 bridgehead atoms. The number of unbranched alkanes of at least 4 members (excludes halogenated alkanes) is 9. The number of hydrogen-bond donors (Lipinski definition) is 1. The Morgan fingerprint density at radius 2 is 1.09 bits per heavy atom. The zero-order valence-corrected chi connectivity index (χ0v) is 20.7. The van der Waals surface area contributed by atoms with Crippen LogP contribution in [-0.4, -0.2) is 6.03 Å². The molecular formula is C31H40N2O. The van der Waals surface area contributed by atoms with Crippen LogP contribution in [-0.2, 0) is 6.42 Å². The summed E-state index contributed by atoms with van der Waals surface area (Å²) in [6.45, 7) is 2.27. The molecule has 0 aliphatic rings. The van der Waals surface area contributed by atoms with E-state index in [0.717, 1.165) is 23.5 Å². The summed E-state index contributed by atoms with van der Waals surface area (Å²) in [6, 6.07) is 27.6. The molecule has 2 amide bonds. The highest BCUT2D eigenvalue weighted by molar-refractivity contribution is 6.07. The largest absolute Gasteiger partial charge is 0.330 e. The molecule has 3 aromatic carbocycles. The van der Waals surface area contributed by atoms with Gasteiger partial charge < -0.3 is 5.32 Å². The van der Waals surface area contributed by atoms with Crippen molar-refractivity contribution in [2.24, 2.45) is 0 Å². The summed E-state index contributed by atoms with van der Waals surface area (Å²) in [5.74, 6) is 0. The fraction of sp³-hybridized carbons (Fsp3) is 0.387. The average molecular weight is 457 g/mol. The monoisotopic (exact) mass is 456 g/mol. The quantitative estimate of drug-likeness (QED) is 0.241. The van der Waals surface area contributed by atoms with Gasteiger partial charge in [0.2, 0.25) is 0 Å². The number of urea groups is 1. The molecular weight excluding hydrogens is 416 g/mol. The summed E-state index contributed by atoms with van der Waals surface area (Å²) in [5.41, 5.74) is 3.82. The molecule has 0 fully saturated rings. The minimum absolute atomic E-state index is 0.167. The normalized spacial score (nSPS) is 10.7. The maximum absolute atomic E-state index is 13.2. The van der Waals surface area contributed by atoms with Gasteiger partial charge in [-0.2, -0.15) is 0 Å². The third-order valence-electron chi connectivity index (χ3n) is 6.26. The van der Waals surface area contributed by atoms with Crippen LogP contribution in [0.3, 0.4) is 0 Å². The van der Waals surface area contributed by atoms with E-state index >= 15 is 0 Å². The number of nitrogens with zero attached hydrogens (tertiary/aromatic N) is 1. The molecule has 0 heterocycles. The lowest BCUT2D eigenvalue weighted by molar-refractivity contribution is 0.259. The van der Waals surface area contributed by atoms with Gasteiger partial charge in [0.15, 0.2) is 0 Å². The Morgan fingerprint density at radius 1 is 0.618 bits per heavy atom. The molecule has 0 unspecified atom stereocenters. The molecule has 3 heteroatoms. The van der Waals surface area contributed by atoms with Crippen molar-refractivity contribution in [3.05, 3.63) is 90.5 Å². The number of aryl methyl sites for hydroxylation is 1. The van der Waals surface area contributed by atoms with Crippen molar-refractivity contribution in [3.8, 4) is 0 Å². The van der Waals surface area contributed by atoms with E-state index in [1.54, 1.807) is 4.90 Å². The molecule has 0 aromatic heterocycles. The van der Waals surface area contributed by atoms with Crippen LogP contribution < -0.4 is 10.2 Å². The van der Waals surface area contributed by atoms with Crippen LogP contribution in [0.2, 0.25) is 0 Å². The number of anilines is 3. The van der Waals surface area contributed by atoms with Crippen LogP contribution in [0.1, 0.15) is 76.7 Å². The molecule has 1 N–H and O–H groups in total. The van der Waals surface area contributed by atoms with Crippen LogP contribution in [0.5, 0.6) is 0 Å². The second-order valence-electron chi connectivity index (χ2n) is 9.07. The second kappa shape index (κ2) is 15.0. The Kier molecular flexibility index (Phi) is 11.2. The lowest BCUT2D eigenvalue weighted by atomic mass is 10.0. The fourth-order valence-corrected chi connectivity index (χ4v) is 4.29. The molecule has 3 aromatic rings. The first-order valence-electron chi connectivity index (χ1n) is 13.1. The summed E-state index contributed by atoms with van der Waals surface area (Å²) in [6.07, 6.45) is 14.7. The second-order valence-corrected chi connectivity index (χ2v) is 9.07. The number of hydrogen-bond acceptors (Lipinski definition) is 1. The third kappa shape index (κ3) is 8.70. The highest BCUT2D eigenvalue weighted by Gasteiger charge is 2.17. The van der Waals surface area contributed by atoms with Crippen LogP contribution in [0, 0.1) is 0 Å². The van der Waals surface area contributed by atoms with Crippen molar-refractivity contribution in [1.29, 1.82) is 0 Å². The Balaban J connectivity index is 1.44. The molecule has 0 saturated heterocycles. The minimum atomic E-state index is -0.167. The van der Waals surface area contributed by atoms with E-state index in [2.05, 4.69) is 24.4 Å². The smallest absolute Gasteiger partial charge is 0.307 e. The Morgan fingerprint density at radius 3 is 1.59 bits per heavy atom. The van der Waals surface area contributed by atoms with Gasteiger partial charge in [-0.25, -0.2) is 4.79 Å². The van der Waals surface area contributed by atoms with Gasteiger partial charge in [-0.15, -0.1) is 0 Å². The Bertz CT molecular complexity index is 899. The lowest BCUT2D eigenvalue weighted by Gasteiger charge is -2.23. The van der Waals surface area contributed by atoms with Crippen LogP contribution >= 0.6 is 0 Å². The van der Waals surface area contributed by atoms with Crippen molar-refractivity contribution in [1.82, 2.24) is 0 Å². The van der Waals surface area contributed by atoms with E-state index in [0.29, 0.717) is 0 Å². The molecule has 0 atom stereocenters. The van der Waals surface area contributed by atoms with E-state index < -0.39 is 0 Å². The molecule has 0 aliphatic carbocycles. The van der Waals surface area contributed by atoms with E-state index in [-0.39, 0.29) is 6.03 Å². The maximum atomic E-state index is 13.2.